The summed E-state index contributed by atoms with van der Waals surface area (Å²) in [5.41, 5.74) is 2.08. The van der Waals surface area contributed by atoms with Crippen LogP contribution in [0.2, 0.25) is 0 Å². The molecule has 0 aliphatic carbocycles. The molecule has 1 atom stereocenters. The maximum absolute atomic E-state index is 13.3. The van der Waals surface area contributed by atoms with Crippen LogP contribution in [0, 0.1) is 12.7 Å². The summed E-state index contributed by atoms with van der Waals surface area (Å²) >= 11 is 0. The Labute approximate surface area is 202 Å². The monoisotopic (exact) mass is 491 g/mol. The van der Waals surface area contributed by atoms with Crippen LogP contribution in [0.5, 0.6) is 0 Å². The molecule has 0 saturated carbocycles. The molecule has 2 amide bonds. The predicted octanol–water partition coefficient (Wildman–Crippen LogP) is 3.62. The number of amides is 2. The average molecular weight is 492 g/mol. The molecule has 9 heteroatoms. The first-order valence-electron chi connectivity index (χ1n) is 11.3. The van der Waals surface area contributed by atoms with E-state index in [2.05, 4.69) is 5.32 Å². The SMILES string of the molecule is Cc1ccccc1N(CCCC(=O)N(Cc1ccc(F)cc1)[C@H](C)C(=O)NC(C)C)S(C)(=O)=O. The maximum atomic E-state index is 13.3. The Kier molecular flexibility index (Phi) is 9.61. The third-order valence-corrected chi connectivity index (χ3v) is 6.58. The number of anilines is 1. The van der Waals surface area contributed by atoms with Crippen molar-refractivity contribution in [3.05, 3.63) is 65.5 Å². The molecule has 7 nitrogen and oxygen atoms in total. The van der Waals surface area contributed by atoms with E-state index in [1.54, 1.807) is 31.2 Å². The van der Waals surface area contributed by atoms with Gasteiger partial charge in [0.1, 0.15) is 11.9 Å². The summed E-state index contributed by atoms with van der Waals surface area (Å²) in [7, 11) is -3.55. The fraction of sp³-hybridized carbons (Fsp3) is 0.440. The van der Waals surface area contributed by atoms with Crippen molar-refractivity contribution >= 4 is 27.5 Å². The topological polar surface area (TPSA) is 86.8 Å². The van der Waals surface area contributed by atoms with Gasteiger partial charge in [-0.1, -0.05) is 30.3 Å². The van der Waals surface area contributed by atoms with Gasteiger partial charge in [0.15, 0.2) is 0 Å². The van der Waals surface area contributed by atoms with Gasteiger partial charge in [0.05, 0.1) is 11.9 Å². The maximum Gasteiger partial charge on any atom is 0.242 e. The first-order valence-corrected chi connectivity index (χ1v) is 13.1. The highest BCUT2D eigenvalue weighted by Gasteiger charge is 2.27. The van der Waals surface area contributed by atoms with Crippen molar-refractivity contribution in [1.29, 1.82) is 0 Å². The Morgan fingerprint density at radius 1 is 1.03 bits per heavy atom. The molecule has 0 unspecified atom stereocenters. The normalized spacial score (nSPS) is 12.3. The second-order valence-electron chi connectivity index (χ2n) is 8.71. The Bertz CT molecular complexity index is 1090. The van der Waals surface area contributed by atoms with Crippen LogP contribution in [-0.2, 0) is 26.2 Å². The molecule has 2 aromatic carbocycles. The number of hydrogen-bond acceptors (Lipinski definition) is 4. The number of halogens is 1. The van der Waals surface area contributed by atoms with Crippen LogP contribution >= 0.6 is 0 Å². The van der Waals surface area contributed by atoms with E-state index in [1.165, 1.54) is 21.3 Å². The Morgan fingerprint density at radius 3 is 2.21 bits per heavy atom. The Balaban J connectivity index is 2.17. The first-order chi connectivity index (χ1) is 15.9. The lowest BCUT2D eigenvalue weighted by molar-refractivity contribution is -0.140. The van der Waals surface area contributed by atoms with Gasteiger partial charge >= 0.3 is 0 Å². The van der Waals surface area contributed by atoms with E-state index in [9.17, 15) is 22.4 Å². The van der Waals surface area contributed by atoms with Crippen molar-refractivity contribution in [1.82, 2.24) is 10.2 Å². The lowest BCUT2D eigenvalue weighted by Gasteiger charge is -2.30. The van der Waals surface area contributed by atoms with Crippen molar-refractivity contribution in [3.8, 4) is 0 Å². The summed E-state index contributed by atoms with van der Waals surface area (Å²) in [6.45, 7) is 7.42. The molecule has 0 spiro atoms. The summed E-state index contributed by atoms with van der Waals surface area (Å²) in [6.07, 6.45) is 1.47. The van der Waals surface area contributed by atoms with Gasteiger partial charge in [0.25, 0.3) is 0 Å². The summed E-state index contributed by atoms with van der Waals surface area (Å²) in [4.78, 5) is 27.3. The van der Waals surface area contributed by atoms with E-state index < -0.39 is 16.1 Å². The van der Waals surface area contributed by atoms with Gasteiger partial charge in [-0.15, -0.1) is 0 Å². The quantitative estimate of drug-likeness (QED) is 0.520. The number of para-hydroxylation sites is 1. The molecule has 34 heavy (non-hydrogen) atoms. The molecule has 0 aliphatic heterocycles. The zero-order chi connectivity index (χ0) is 25.5. The smallest absolute Gasteiger partial charge is 0.242 e. The average Bonchev–Trinajstić information content (AvgIpc) is 2.75. The fourth-order valence-electron chi connectivity index (χ4n) is 3.60. The van der Waals surface area contributed by atoms with Gasteiger partial charge < -0.3 is 10.2 Å². The number of rotatable bonds is 11. The summed E-state index contributed by atoms with van der Waals surface area (Å²) in [5, 5.41) is 2.81. The fourth-order valence-corrected chi connectivity index (χ4v) is 4.62. The lowest BCUT2D eigenvalue weighted by atomic mass is 10.1. The van der Waals surface area contributed by atoms with Crippen molar-refractivity contribution < 1.29 is 22.4 Å². The van der Waals surface area contributed by atoms with Gasteiger partial charge in [-0.3, -0.25) is 13.9 Å². The third kappa shape index (κ3) is 7.83. The van der Waals surface area contributed by atoms with Crippen LogP contribution < -0.4 is 9.62 Å². The molecule has 0 heterocycles. The molecule has 0 fully saturated rings. The molecule has 0 radical (unpaired) electrons. The molecule has 0 saturated heterocycles. The second-order valence-corrected chi connectivity index (χ2v) is 10.6. The Hall–Kier alpha value is -2.94. The number of sulfonamides is 1. The number of carbonyl (C=O) groups is 2. The zero-order valence-corrected chi connectivity index (χ0v) is 21.2. The molecule has 0 bridgehead atoms. The van der Waals surface area contributed by atoms with Crippen LogP contribution in [0.15, 0.2) is 48.5 Å². The minimum absolute atomic E-state index is 0.0540. The van der Waals surface area contributed by atoms with Crippen LogP contribution in [0.25, 0.3) is 0 Å². The van der Waals surface area contributed by atoms with Crippen LogP contribution in [0.3, 0.4) is 0 Å². The van der Waals surface area contributed by atoms with E-state index >= 15 is 0 Å². The largest absolute Gasteiger partial charge is 0.352 e. The van der Waals surface area contributed by atoms with E-state index in [-0.39, 0.29) is 49.6 Å². The van der Waals surface area contributed by atoms with Gasteiger partial charge in [0.2, 0.25) is 21.8 Å². The molecule has 0 aliphatic rings. The summed E-state index contributed by atoms with van der Waals surface area (Å²) in [5.74, 6) is -0.957. The summed E-state index contributed by atoms with van der Waals surface area (Å²) in [6, 6.07) is 12.1. The second kappa shape index (κ2) is 12.0. The van der Waals surface area contributed by atoms with Gasteiger partial charge in [-0.2, -0.15) is 0 Å². The highest BCUT2D eigenvalue weighted by atomic mass is 32.2. The van der Waals surface area contributed by atoms with Crippen molar-refractivity contribution in [2.24, 2.45) is 0 Å². The number of nitrogens with one attached hydrogen (secondary N) is 1. The molecule has 0 aromatic heterocycles. The molecule has 2 aromatic rings. The zero-order valence-electron chi connectivity index (χ0n) is 20.4. The van der Waals surface area contributed by atoms with Crippen LogP contribution in [-0.4, -0.2) is 50.0 Å². The first kappa shape index (κ1) is 27.3. The van der Waals surface area contributed by atoms with Gasteiger partial charge in [-0.25, -0.2) is 12.8 Å². The lowest BCUT2D eigenvalue weighted by Crippen LogP contribution is -2.49. The molecule has 2 rings (SSSR count). The van der Waals surface area contributed by atoms with E-state index in [1.807, 2.05) is 32.9 Å². The van der Waals surface area contributed by atoms with Crippen molar-refractivity contribution in [2.45, 2.75) is 59.2 Å². The molecular formula is C25H34FN3O4S. The van der Waals surface area contributed by atoms with E-state index in [4.69, 9.17) is 0 Å². The minimum atomic E-state index is -3.55. The minimum Gasteiger partial charge on any atom is -0.352 e. The van der Waals surface area contributed by atoms with Crippen LogP contribution in [0.4, 0.5) is 10.1 Å². The summed E-state index contributed by atoms with van der Waals surface area (Å²) < 4.78 is 39.4. The number of carbonyl (C=O) groups excluding carboxylic acids is 2. The number of aryl methyl sites for hydroxylation is 1. The molecular weight excluding hydrogens is 457 g/mol. The van der Waals surface area contributed by atoms with E-state index in [0.717, 1.165) is 11.8 Å². The predicted molar refractivity (Wildman–Crippen MR) is 132 cm³/mol. The van der Waals surface area contributed by atoms with Crippen molar-refractivity contribution in [3.63, 3.8) is 0 Å². The van der Waals surface area contributed by atoms with Gasteiger partial charge in [0, 0.05) is 25.6 Å². The molecule has 1 N–H and O–H groups in total. The number of hydrogen-bond donors (Lipinski definition) is 1. The van der Waals surface area contributed by atoms with Gasteiger partial charge in [-0.05, 0) is 63.4 Å². The standard InChI is InChI=1S/C25H34FN3O4S/c1-18(2)27-25(31)20(4)28(17-21-12-14-22(26)15-13-21)24(30)11-8-16-29(34(5,32)33)23-10-7-6-9-19(23)3/h6-7,9-10,12-15,18,20H,8,11,16-17H2,1-5H3,(H,27,31)/t20-/m1/s1. The number of benzene rings is 2. The molecule has 186 valence electrons. The highest BCUT2D eigenvalue weighted by molar-refractivity contribution is 7.92. The number of nitrogens with zero attached hydrogens (tertiary/aromatic N) is 2. The van der Waals surface area contributed by atoms with E-state index in [0.29, 0.717) is 11.3 Å². The van der Waals surface area contributed by atoms with Crippen LogP contribution in [0.1, 0.15) is 44.7 Å². The third-order valence-electron chi connectivity index (χ3n) is 5.40. The Morgan fingerprint density at radius 2 is 1.65 bits per heavy atom. The highest BCUT2D eigenvalue weighted by Crippen LogP contribution is 2.23. The van der Waals surface area contributed by atoms with Crippen molar-refractivity contribution in [2.75, 3.05) is 17.1 Å².